The number of aromatic nitrogens is 1. The van der Waals surface area contributed by atoms with Crippen molar-refractivity contribution >= 4 is 23.5 Å². The largest absolute Gasteiger partial charge is 0.506 e. The van der Waals surface area contributed by atoms with Crippen molar-refractivity contribution in [3.05, 3.63) is 40.7 Å². The summed E-state index contributed by atoms with van der Waals surface area (Å²) in [6, 6.07) is 8.66. The molecule has 0 unspecified atom stereocenters. The van der Waals surface area contributed by atoms with Gasteiger partial charge in [-0.2, -0.15) is 0 Å². The molecule has 2 N–H and O–H groups in total. The van der Waals surface area contributed by atoms with Crippen LogP contribution in [0.15, 0.2) is 35.1 Å². The standard InChI is InChI=1S/C10H10BNO3/c1-12-9(11(14)15)6-7-4-2-3-5-8(7)10(12)13/h2-6,14-15H,1H3. The zero-order valence-corrected chi connectivity index (χ0v) is 8.21. The van der Waals surface area contributed by atoms with Crippen molar-refractivity contribution in [2.24, 2.45) is 7.05 Å². The number of nitrogens with zero attached hydrogens (tertiary/aromatic N) is 1. The molecule has 0 bridgehead atoms. The summed E-state index contributed by atoms with van der Waals surface area (Å²) in [4.78, 5) is 11.8. The van der Waals surface area contributed by atoms with Crippen LogP contribution in [0.1, 0.15) is 0 Å². The summed E-state index contributed by atoms with van der Waals surface area (Å²) in [5.41, 5.74) is -0.0325. The zero-order chi connectivity index (χ0) is 11.0. The minimum absolute atomic E-state index is 0.193. The Morgan fingerprint density at radius 2 is 1.93 bits per heavy atom. The molecule has 4 nitrogen and oxygen atoms in total. The van der Waals surface area contributed by atoms with Crippen molar-refractivity contribution < 1.29 is 10.0 Å². The van der Waals surface area contributed by atoms with E-state index in [0.717, 1.165) is 0 Å². The van der Waals surface area contributed by atoms with E-state index in [4.69, 9.17) is 10.0 Å². The van der Waals surface area contributed by atoms with Gasteiger partial charge in [-0.15, -0.1) is 0 Å². The fourth-order valence-corrected chi connectivity index (χ4v) is 1.62. The number of fused-ring (bicyclic) bond motifs is 1. The predicted octanol–water partition coefficient (Wildman–Crippen LogP) is -0.782. The van der Waals surface area contributed by atoms with Gasteiger partial charge in [0.1, 0.15) is 0 Å². The van der Waals surface area contributed by atoms with Crippen LogP contribution in [0.3, 0.4) is 0 Å². The summed E-state index contributed by atoms with van der Waals surface area (Å²) < 4.78 is 1.24. The Labute approximate surface area is 86.6 Å². The van der Waals surface area contributed by atoms with E-state index in [1.54, 1.807) is 30.3 Å². The van der Waals surface area contributed by atoms with E-state index in [9.17, 15) is 4.79 Å². The maximum atomic E-state index is 11.8. The normalized spacial score (nSPS) is 10.6. The molecule has 0 aliphatic carbocycles. The molecule has 76 valence electrons. The van der Waals surface area contributed by atoms with Crippen LogP contribution in [-0.2, 0) is 7.05 Å². The summed E-state index contributed by atoms with van der Waals surface area (Å²) in [7, 11) is -0.115. The zero-order valence-electron chi connectivity index (χ0n) is 8.21. The van der Waals surface area contributed by atoms with Gasteiger partial charge < -0.3 is 14.6 Å². The number of benzene rings is 1. The molecule has 0 amide bonds. The Hall–Kier alpha value is -1.59. The fraction of sp³-hybridized carbons (Fsp3) is 0.100. The molecule has 0 aliphatic rings. The molecule has 0 aliphatic heterocycles. The lowest BCUT2D eigenvalue weighted by Gasteiger charge is -2.08. The molecular formula is C10H10BNO3. The highest BCUT2D eigenvalue weighted by atomic mass is 16.4. The third kappa shape index (κ3) is 1.56. The molecule has 0 saturated carbocycles. The second-order valence-corrected chi connectivity index (χ2v) is 3.39. The van der Waals surface area contributed by atoms with E-state index in [-0.39, 0.29) is 11.2 Å². The van der Waals surface area contributed by atoms with Crippen molar-refractivity contribution in [1.82, 2.24) is 4.57 Å². The second kappa shape index (κ2) is 3.53. The monoisotopic (exact) mass is 203 g/mol. The number of pyridine rings is 1. The summed E-state index contributed by atoms with van der Waals surface area (Å²) in [6.45, 7) is 0. The van der Waals surface area contributed by atoms with Crippen molar-refractivity contribution in [2.75, 3.05) is 0 Å². The smallest absolute Gasteiger partial charge is 0.422 e. The first-order valence-electron chi connectivity index (χ1n) is 4.56. The molecule has 1 aromatic carbocycles. The summed E-state index contributed by atoms with van der Waals surface area (Å²) in [6.07, 6.45) is 0. The van der Waals surface area contributed by atoms with Gasteiger partial charge in [0, 0.05) is 12.4 Å². The first-order chi connectivity index (χ1) is 7.11. The number of hydrogen-bond acceptors (Lipinski definition) is 3. The third-order valence-corrected chi connectivity index (χ3v) is 2.45. The molecule has 0 atom stereocenters. The average molecular weight is 203 g/mol. The minimum Gasteiger partial charge on any atom is -0.422 e. The van der Waals surface area contributed by atoms with Crippen molar-refractivity contribution in [3.63, 3.8) is 0 Å². The molecule has 0 spiro atoms. The molecule has 1 aromatic heterocycles. The quantitative estimate of drug-likeness (QED) is 0.597. The van der Waals surface area contributed by atoms with Crippen LogP contribution >= 0.6 is 0 Å². The third-order valence-electron chi connectivity index (χ3n) is 2.45. The summed E-state index contributed by atoms with van der Waals surface area (Å²) in [5.74, 6) is 0. The lowest BCUT2D eigenvalue weighted by molar-refractivity contribution is 0.422. The van der Waals surface area contributed by atoms with Crippen LogP contribution in [0.5, 0.6) is 0 Å². The number of rotatable bonds is 1. The Morgan fingerprint density at radius 1 is 1.27 bits per heavy atom. The van der Waals surface area contributed by atoms with Crippen LogP contribution < -0.4 is 11.2 Å². The van der Waals surface area contributed by atoms with E-state index >= 15 is 0 Å². The average Bonchev–Trinajstić information content (AvgIpc) is 2.23. The minimum atomic E-state index is -1.63. The van der Waals surface area contributed by atoms with Gasteiger partial charge in [0.2, 0.25) is 0 Å². The van der Waals surface area contributed by atoms with Crippen LogP contribution in [0, 0.1) is 0 Å². The molecule has 0 saturated heterocycles. The predicted molar refractivity (Wildman–Crippen MR) is 59.0 cm³/mol. The van der Waals surface area contributed by atoms with Gasteiger partial charge >= 0.3 is 7.12 Å². The topological polar surface area (TPSA) is 62.5 Å². The van der Waals surface area contributed by atoms with Crippen molar-refractivity contribution in [3.8, 4) is 0 Å². The van der Waals surface area contributed by atoms with Gasteiger partial charge in [-0.1, -0.05) is 18.2 Å². The Kier molecular flexibility index (Phi) is 2.34. The van der Waals surface area contributed by atoms with Crippen molar-refractivity contribution in [2.45, 2.75) is 0 Å². The SMILES string of the molecule is Cn1c(B(O)O)cc2ccccc2c1=O. The lowest BCUT2D eigenvalue weighted by Crippen LogP contribution is -2.42. The molecule has 15 heavy (non-hydrogen) atoms. The molecule has 2 aromatic rings. The Balaban J connectivity index is 2.89. The fourth-order valence-electron chi connectivity index (χ4n) is 1.62. The molecule has 0 fully saturated rings. The van der Waals surface area contributed by atoms with Gasteiger partial charge in [-0.25, -0.2) is 0 Å². The Morgan fingerprint density at radius 3 is 2.60 bits per heavy atom. The Bertz CT molecular complexity index is 562. The number of hydrogen-bond donors (Lipinski definition) is 2. The van der Waals surface area contributed by atoms with E-state index < -0.39 is 7.12 Å². The maximum absolute atomic E-state index is 11.8. The van der Waals surface area contributed by atoms with Crippen molar-refractivity contribution in [1.29, 1.82) is 0 Å². The highest BCUT2D eigenvalue weighted by molar-refractivity contribution is 6.58. The highest BCUT2D eigenvalue weighted by Gasteiger charge is 2.16. The first kappa shape index (κ1) is 9.95. The van der Waals surface area contributed by atoms with Gasteiger partial charge in [-0.05, 0) is 17.5 Å². The second-order valence-electron chi connectivity index (χ2n) is 3.39. The molecule has 0 radical (unpaired) electrons. The van der Waals surface area contributed by atoms with Gasteiger partial charge in [-0.3, -0.25) is 4.79 Å². The van der Waals surface area contributed by atoms with Crippen LogP contribution in [0.4, 0.5) is 0 Å². The molecule has 1 heterocycles. The van der Waals surface area contributed by atoms with Crippen LogP contribution in [-0.4, -0.2) is 21.7 Å². The maximum Gasteiger partial charge on any atom is 0.506 e. The summed E-state index contributed by atoms with van der Waals surface area (Å²) in [5, 5.41) is 19.5. The van der Waals surface area contributed by atoms with Gasteiger partial charge in [0.15, 0.2) is 0 Å². The lowest BCUT2D eigenvalue weighted by atomic mass is 9.84. The van der Waals surface area contributed by atoms with Crippen LogP contribution in [0.25, 0.3) is 10.8 Å². The highest BCUT2D eigenvalue weighted by Crippen LogP contribution is 2.06. The van der Waals surface area contributed by atoms with Crippen LogP contribution in [0.2, 0.25) is 0 Å². The molecular weight excluding hydrogens is 193 g/mol. The molecule has 2 rings (SSSR count). The van der Waals surface area contributed by atoms with Gasteiger partial charge in [0.25, 0.3) is 5.56 Å². The van der Waals surface area contributed by atoms with E-state index in [0.29, 0.717) is 10.8 Å². The van der Waals surface area contributed by atoms with E-state index in [1.807, 2.05) is 0 Å². The molecule has 5 heteroatoms. The van der Waals surface area contributed by atoms with E-state index in [2.05, 4.69) is 0 Å². The van der Waals surface area contributed by atoms with Gasteiger partial charge in [0.05, 0.1) is 5.59 Å². The summed E-state index contributed by atoms with van der Waals surface area (Å²) >= 11 is 0. The van der Waals surface area contributed by atoms with E-state index in [1.165, 1.54) is 11.6 Å². The first-order valence-corrected chi connectivity index (χ1v) is 4.56.